The van der Waals surface area contributed by atoms with E-state index in [0.29, 0.717) is 0 Å². The summed E-state index contributed by atoms with van der Waals surface area (Å²) in [6, 6.07) is 6.09. The Hall–Kier alpha value is -1.35. The van der Waals surface area contributed by atoms with Crippen LogP contribution >= 0.6 is 0 Å². The molecule has 1 aromatic rings. The van der Waals surface area contributed by atoms with Crippen molar-refractivity contribution in [3.63, 3.8) is 0 Å². The van der Waals surface area contributed by atoms with E-state index in [9.17, 15) is 4.79 Å². The van der Waals surface area contributed by atoms with Crippen LogP contribution in [0.25, 0.3) is 0 Å². The summed E-state index contributed by atoms with van der Waals surface area (Å²) < 4.78 is 0. The summed E-state index contributed by atoms with van der Waals surface area (Å²) >= 11 is 0. The van der Waals surface area contributed by atoms with Crippen molar-refractivity contribution < 1.29 is 4.79 Å². The van der Waals surface area contributed by atoms with Crippen LogP contribution in [0.15, 0.2) is 18.2 Å². The SMILES string of the molecule is Cc1ccc(NC(=O)[C@@H](C)N2CCCCC2)c(C)c1. The number of piperidine rings is 1. The molecule has 1 N–H and O–H groups in total. The summed E-state index contributed by atoms with van der Waals surface area (Å²) in [4.78, 5) is 14.6. The summed E-state index contributed by atoms with van der Waals surface area (Å²) in [5, 5.41) is 3.05. The Labute approximate surface area is 116 Å². The number of nitrogens with zero attached hydrogens (tertiary/aromatic N) is 1. The highest BCUT2D eigenvalue weighted by Crippen LogP contribution is 2.18. The normalized spacial score (nSPS) is 18.1. The predicted octanol–water partition coefficient (Wildman–Crippen LogP) is 3.12. The third kappa shape index (κ3) is 3.57. The zero-order chi connectivity index (χ0) is 13.8. The van der Waals surface area contributed by atoms with Crippen molar-refractivity contribution in [2.45, 2.75) is 46.1 Å². The van der Waals surface area contributed by atoms with Crippen molar-refractivity contribution >= 4 is 11.6 Å². The number of carbonyl (C=O) groups is 1. The van der Waals surface area contributed by atoms with E-state index in [0.717, 1.165) is 24.3 Å². The Balaban J connectivity index is 1.99. The van der Waals surface area contributed by atoms with E-state index in [2.05, 4.69) is 23.2 Å². The molecular weight excluding hydrogens is 236 g/mol. The van der Waals surface area contributed by atoms with Gasteiger partial charge in [0.05, 0.1) is 6.04 Å². The van der Waals surface area contributed by atoms with Gasteiger partial charge in [0.1, 0.15) is 0 Å². The fourth-order valence-corrected chi connectivity index (χ4v) is 2.66. The molecule has 1 aliphatic rings. The quantitative estimate of drug-likeness (QED) is 0.905. The number of nitrogens with one attached hydrogen (secondary N) is 1. The maximum atomic E-state index is 12.3. The second-order valence-electron chi connectivity index (χ2n) is 5.58. The van der Waals surface area contributed by atoms with Crippen LogP contribution in [0.4, 0.5) is 5.69 Å². The molecule has 0 aliphatic carbocycles. The van der Waals surface area contributed by atoms with Gasteiger partial charge >= 0.3 is 0 Å². The minimum absolute atomic E-state index is 0.0407. The van der Waals surface area contributed by atoms with E-state index in [1.807, 2.05) is 26.0 Å². The number of aryl methyl sites for hydroxylation is 2. The fraction of sp³-hybridized carbons (Fsp3) is 0.562. The molecule has 1 atom stereocenters. The van der Waals surface area contributed by atoms with Crippen molar-refractivity contribution in [2.75, 3.05) is 18.4 Å². The first-order valence-corrected chi connectivity index (χ1v) is 7.20. The molecule has 1 aromatic carbocycles. The van der Waals surface area contributed by atoms with Crippen molar-refractivity contribution in [1.82, 2.24) is 4.90 Å². The summed E-state index contributed by atoms with van der Waals surface area (Å²) in [7, 11) is 0. The van der Waals surface area contributed by atoms with Gasteiger partial charge in [-0.15, -0.1) is 0 Å². The van der Waals surface area contributed by atoms with E-state index in [4.69, 9.17) is 0 Å². The summed E-state index contributed by atoms with van der Waals surface area (Å²) in [5.74, 6) is 0.105. The highest BCUT2D eigenvalue weighted by Gasteiger charge is 2.22. The molecule has 0 spiro atoms. The number of hydrogen-bond acceptors (Lipinski definition) is 2. The first-order valence-electron chi connectivity index (χ1n) is 7.20. The van der Waals surface area contributed by atoms with Gasteiger partial charge in [-0.05, 0) is 58.3 Å². The number of benzene rings is 1. The summed E-state index contributed by atoms with van der Waals surface area (Å²) in [5.41, 5.74) is 3.28. The average Bonchev–Trinajstić information content (AvgIpc) is 2.42. The first-order chi connectivity index (χ1) is 9.08. The number of likely N-dealkylation sites (tertiary alicyclic amines) is 1. The molecule has 19 heavy (non-hydrogen) atoms. The van der Waals surface area contributed by atoms with Crippen LogP contribution in [0.2, 0.25) is 0 Å². The molecule has 1 amide bonds. The van der Waals surface area contributed by atoms with Crippen LogP contribution in [0.5, 0.6) is 0 Å². The van der Waals surface area contributed by atoms with Gasteiger partial charge in [0.2, 0.25) is 5.91 Å². The van der Waals surface area contributed by atoms with Gasteiger partial charge < -0.3 is 5.32 Å². The molecule has 1 fully saturated rings. The van der Waals surface area contributed by atoms with Gasteiger partial charge in [0.25, 0.3) is 0 Å². The van der Waals surface area contributed by atoms with Crippen LogP contribution in [0, 0.1) is 13.8 Å². The second-order valence-corrected chi connectivity index (χ2v) is 5.58. The second kappa shape index (κ2) is 6.20. The monoisotopic (exact) mass is 260 g/mol. The van der Waals surface area contributed by atoms with E-state index in [1.165, 1.54) is 24.8 Å². The fourth-order valence-electron chi connectivity index (χ4n) is 2.66. The zero-order valence-corrected chi connectivity index (χ0v) is 12.2. The third-order valence-corrected chi connectivity index (χ3v) is 3.96. The Morgan fingerprint density at radius 3 is 2.53 bits per heavy atom. The molecule has 3 nitrogen and oxygen atoms in total. The minimum Gasteiger partial charge on any atom is -0.324 e. The average molecular weight is 260 g/mol. The summed E-state index contributed by atoms with van der Waals surface area (Å²) in [6.07, 6.45) is 3.71. The number of hydrogen-bond donors (Lipinski definition) is 1. The van der Waals surface area contributed by atoms with Crippen LogP contribution in [0.3, 0.4) is 0 Å². The molecule has 0 bridgehead atoms. The predicted molar refractivity (Wildman–Crippen MR) is 79.4 cm³/mol. The van der Waals surface area contributed by atoms with Gasteiger partial charge in [-0.2, -0.15) is 0 Å². The molecule has 1 heterocycles. The Morgan fingerprint density at radius 2 is 1.89 bits per heavy atom. The van der Waals surface area contributed by atoms with E-state index < -0.39 is 0 Å². The number of carbonyl (C=O) groups excluding carboxylic acids is 1. The van der Waals surface area contributed by atoms with Gasteiger partial charge in [0.15, 0.2) is 0 Å². The van der Waals surface area contributed by atoms with Crippen LogP contribution in [-0.2, 0) is 4.79 Å². The van der Waals surface area contributed by atoms with Crippen molar-refractivity contribution in [1.29, 1.82) is 0 Å². The van der Waals surface area contributed by atoms with Crippen molar-refractivity contribution in [3.8, 4) is 0 Å². The molecule has 0 radical (unpaired) electrons. The molecule has 0 aromatic heterocycles. The van der Waals surface area contributed by atoms with E-state index in [1.54, 1.807) is 0 Å². The summed E-state index contributed by atoms with van der Waals surface area (Å²) in [6.45, 7) is 8.19. The molecule has 0 saturated carbocycles. The van der Waals surface area contributed by atoms with E-state index >= 15 is 0 Å². The van der Waals surface area contributed by atoms with Crippen LogP contribution in [-0.4, -0.2) is 29.9 Å². The lowest BCUT2D eigenvalue weighted by molar-refractivity contribution is -0.121. The van der Waals surface area contributed by atoms with Gasteiger partial charge in [0, 0.05) is 5.69 Å². The molecule has 0 unspecified atom stereocenters. The lowest BCUT2D eigenvalue weighted by Crippen LogP contribution is -2.44. The topological polar surface area (TPSA) is 32.3 Å². The van der Waals surface area contributed by atoms with E-state index in [-0.39, 0.29) is 11.9 Å². The number of anilines is 1. The molecule has 1 aliphatic heterocycles. The number of rotatable bonds is 3. The van der Waals surface area contributed by atoms with Crippen LogP contribution in [0.1, 0.15) is 37.3 Å². The molecule has 3 heteroatoms. The van der Waals surface area contributed by atoms with Crippen molar-refractivity contribution in [2.24, 2.45) is 0 Å². The lowest BCUT2D eigenvalue weighted by Gasteiger charge is -2.31. The minimum atomic E-state index is -0.0407. The standard InChI is InChI=1S/C16H24N2O/c1-12-7-8-15(13(2)11-12)17-16(19)14(3)18-9-5-4-6-10-18/h7-8,11,14H,4-6,9-10H2,1-3H3,(H,17,19)/t14-/m1/s1. The third-order valence-electron chi connectivity index (χ3n) is 3.96. The maximum Gasteiger partial charge on any atom is 0.241 e. The Morgan fingerprint density at radius 1 is 1.21 bits per heavy atom. The highest BCUT2D eigenvalue weighted by molar-refractivity contribution is 5.95. The lowest BCUT2D eigenvalue weighted by atomic mass is 10.1. The molecule has 104 valence electrons. The maximum absolute atomic E-state index is 12.3. The van der Waals surface area contributed by atoms with Gasteiger partial charge in [-0.1, -0.05) is 24.1 Å². The zero-order valence-electron chi connectivity index (χ0n) is 12.2. The molecule has 2 rings (SSSR count). The van der Waals surface area contributed by atoms with Gasteiger partial charge in [-0.25, -0.2) is 0 Å². The van der Waals surface area contributed by atoms with Gasteiger partial charge in [-0.3, -0.25) is 9.69 Å². The Kier molecular flexibility index (Phi) is 4.59. The molecule has 1 saturated heterocycles. The largest absolute Gasteiger partial charge is 0.324 e. The number of amides is 1. The highest BCUT2D eigenvalue weighted by atomic mass is 16.2. The van der Waals surface area contributed by atoms with Crippen LogP contribution < -0.4 is 5.32 Å². The Bertz CT molecular complexity index is 450. The molecular formula is C16H24N2O. The first kappa shape index (κ1) is 14.1. The van der Waals surface area contributed by atoms with Crippen molar-refractivity contribution in [3.05, 3.63) is 29.3 Å². The smallest absolute Gasteiger partial charge is 0.241 e.